The van der Waals surface area contributed by atoms with Crippen molar-refractivity contribution < 1.29 is 9.59 Å². The monoisotopic (exact) mass is 249 g/mol. The van der Waals surface area contributed by atoms with Crippen molar-refractivity contribution in [3.8, 4) is 0 Å². The largest absolute Gasteiger partial charge is 0.350 e. The fourth-order valence-electron chi connectivity index (χ4n) is 1.59. The molecule has 0 aliphatic heterocycles. The summed E-state index contributed by atoms with van der Waals surface area (Å²) in [5.41, 5.74) is 0.497. The van der Waals surface area contributed by atoms with E-state index in [0.29, 0.717) is 25.1 Å². The fraction of sp³-hybridized carbons (Fsp3) is 0.462. The van der Waals surface area contributed by atoms with E-state index in [1.54, 1.807) is 18.3 Å². The minimum Gasteiger partial charge on any atom is -0.350 e. The number of nitrogens with one attached hydrogen (secondary N) is 2. The molecule has 0 unspecified atom stereocenters. The van der Waals surface area contributed by atoms with Gasteiger partial charge in [-0.1, -0.05) is 13.8 Å². The molecule has 0 aromatic carbocycles. The lowest BCUT2D eigenvalue weighted by Crippen LogP contribution is -2.45. The average molecular weight is 249 g/mol. The van der Waals surface area contributed by atoms with Gasteiger partial charge in [-0.3, -0.25) is 14.6 Å². The highest BCUT2D eigenvalue weighted by Gasteiger charge is 2.16. The zero-order chi connectivity index (χ0) is 13.4. The summed E-state index contributed by atoms with van der Waals surface area (Å²) in [4.78, 5) is 27.3. The number of amides is 1. The lowest BCUT2D eigenvalue weighted by atomic mass is 10.1. The van der Waals surface area contributed by atoms with Crippen LogP contribution in [0.4, 0.5) is 0 Å². The van der Waals surface area contributed by atoms with Gasteiger partial charge in [0.1, 0.15) is 0 Å². The smallest absolute Gasteiger partial charge is 0.252 e. The van der Waals surface area contributed by atoms with E-state index in [9.17, 15) is 9.59 Å². The van der Waals surface area contributed by atoms with Crippen molar-refractivity contribution in [3.05, 3.63) is 30.1 Å². The summed E-state index contributed by atoms with van der Waals surface area (Å²) >= 11 is 0. The van der Waals surface area contributed by atoms with Gasteiger partial charge in [0.05, 0.1) is 11.6 Å². The number of nitrogens with zero attached hydrogens (tertiary/aromatic N) is 1. The van der Waals surface area contributed by atoms with E-state index in [1.807, 2.05) is 13.8 Å². The highest BCUT2D eigenvalue weighted by atomic mass is 16.2. The maximum Gasteiger partial charge on any atom is 0.252 e. The summed E-state index contributed by atoms with van der Waals surface area (Å²) in [6.45, 7) is 4.74. The van der Waals surface area contributed by atoms with Crippen molar-refractivity contribution in [1.82, 2.24) is 15.6 Å². The molecule has 5 heteroatoms. The highest BCUT2D eigenvalue weighted by molar-refractivity contribution is 5.94. The molecule has 98 valence electrons. The molecule has 1 aromatic heterocycles. The second-order valence-electron chi connectivity index (χ2n) is 3.88. The average Bonchev–Trinajstić information content (AvgIpc) is 2.43. The van der Waals surface area contributed by atoms with Crippen LogP contribution in [0.25, 0.3) is 0 Å². The molecule has 0 spiro atoms. The van der Waals surface area contributed by atoms with Crippen molar-refractivity contribution in [2.75, 3.05) is 13.1 Å². The van der Waals surface area contributed by atoms with E-state index >= 15 is 0 Å². The third-order valence-corrected chi connectivity index (χ3v) is 2.58. The van der Waals surface area contributed by atoms with Crippen LogP contribution in [0.2, 0.25) is 0 Å². The van der Waals surface area contributed by atoms with Crippen molar-refractivity contribution >= 4 is 11.7 Å². The van der Waals surface area contributed by atoms with Gasteiger partial charge < -0.3 is 10.6 Å². The van der Waals surface area contributed by atoms with Gasteiger partial charge >= 0.3 is 0 Å². The van der Waals surface area contributed by atoms with Crippen molar-refractivity contribution in [2.45, 2.75) is 26.3 Å². The number of hydrogen-bond acceptors (Lipinski definition) is 4. The SMILES string of the molecule is CCN[C@@H](CNC(=O)c1cccnc1)C(=O)CC. The topological polar surface area (TPSA) is 71.1 Å². The Hall–Kier alpha value is -1.75. The first-order valence-corrected chi connectivity index (χ1v) is 6.13. The summed E-state index contributed by atoms with van der Waals surface area (Å²) in [7, 11) is 0. The molecular weight excluding hydrogens is 230 g/mol. The molecular formula is C13H19N3O2. The number of aromatic nitrogens is 1. The van der Waals surface area contributed by atoms with Gasteiger partial charge in [0, 0.05) is 25.4 Å². The number of carbonyl (C=O) groups excluding carboxylic acids is 2. The molecule has 0 radical (unpaired) electrons. The summed E-state index contributed by atoms with van der Waals surface area (Å²) in [6, 6.07) is 3.07. The van der Waals surface area contributed by atoms with Crippen LogP contribution in [0.3, 0.4) is 0 Å². The van der Waals surface area contributed by atoms with Crippen molar-refractivity contribution in [2.24, 2.45) is 0 Å². The summed E-state index contributed by atoms with van der Waals surface area (Å²) in [5, 5.41) is 5.80. The number of ketones is 1. The molecule has 0 saturated carbocycles. The Morgan fingerprint density at radius 1 is 1.39 bits per heavy atom. The van der Waals surface area contributed by atoms with Crippen LogP contribution >= 0.6 is 0 Å². The number of hydrogen-bond donors (Lipinski definition) is 2. The molecule has 0 saturated heterocycles. The molecule has 5 nitrogen and oxygen atoms in total. The molecule has 1 amide bonds. The molecule has 2 N–H and O–H groups in total. The molecule has 1 aromatic rings. The zero-order valence-electron chi connectivity index (χ0n) is 10.8. The van der Waals surface area contributed by atoms with Gasteiger partial charge in [0.15, 0.2) is 5.78 Å². The Labute approximate surface area is 107 Å². The highest BCUT2D eigenvalue weighted by Crippen LogP contribution is 1.96. The first-order valence-electron chi connectivity index (χ1n) is 6.13. The number of rotatable bonds is 7. The minimum absolute atomic E-state index is 0.100. The molecule has 1 rings (SSSR count). The third-order valence-electron chi connectivity index (χ3n) is 2.58. The first-order chi connectivity index (χ1) is 8.69. The Kier molecular flexibility index (Phi) is 6.00. The molecule has 0 bridgehead atoms. The van der Waals surface area contributed by atoms with Gasteiger partial charge in [-0.15, -0.1) is 0 Å². The van der Waals surface area contributed by atoms with E-state index in [2.05, 4.69) is 15.6 Å². The molecule has 1 heterocycles. The van der Waals surface area contributed by atoms with Crippen LogP contribution < -0.4 is 10.6 Å². The molecule has 0 fully saturated rings. The lowest BCUT2D eigenvalue weighted by molar-refractivity contribution is -0.120. The summed E-state index contributed by atoms with van der Waals surface area (Å²) < 4.78 is 0. The third kappa shape index (κ3) is 4.25. The standard InChI is InChI=1S/C13H19N3O2/c1-3-12(17)11(15-4-2)9-16-13(18)10-6-5-7-14-8-10/h5-8,11,15H,3-4,9H2,1-2H3,(H,16,18)/t11-/m0/s1. The number of likely N-dealkylation sites (N-methyl/N-ethyl adjacent to an activating group) is 1. The molecule has 0 aliphatic carbocycles. The molecule has 1 atom stereocenters. The maximum atomic E-state index is 11.8. The zero-order valence-corrected chi connectivity index (χ0v) is 10.8. The second-order valence-corrected chi connectivity index (χ2v) is 3.88. The van der Waals surface area contributed by atoms with E-state index in [1.165, 1.54) is 6.20 Å². The van der Waals surface area contributed by atoms with E-state index in [-0.39, 0.29) is 17.7 Å². The van der Waals surface area contributed by atoms with Crippen LogP contribution in [0.1, 0.15) is 30.6 Å². The predicted octanol–water partition coefficient (Wildman–Crippen LogP) is 0.769. The van der Waals surface area contributed by atoms with Crippen molar-refractivity contribution in [1.29, 1.82) is 0 Å². The Bertz CT molecular complexity index is 392. The van der Waals surface area contributed by atoms with Crippen LogP contribution in [0, 0.1) is 0 Å². The van der Waals surface area contributed by atoms with E-state index < -0.39 is 0 Å². The van der Waals surface area contributed by atoms with Crippen LogP contribution in [-0.4, -0.2) is 35.8 Å². The summed E-state index contributed by atoms with van der Waals surface area (Å²) in [5.74, 6) is -0.113. The normalized spacial score (nSPS) is 11.9. The fourth-order valence-corrected chi connectivity index (χ4v) is 1.59. The first kappa shape index (κ1) is 14.3. The predicted molar refractivity (Wildman–Crippen MR) is 69.3 cm³/mol. The quantitative estimate of drug-likeness (QED) is 0.748. The van der Waals surface area contributed by atoms with Gasteiger partial charge in [0.25, 0.3) is 5.91 Å². The van der Waals surface area contributed by atoms with Crippen LogP contribution in [-0.2, 0) is 4.79 Å². The lowest BCUT2D eigenvalue weighted by Gasteiger charge is -2.16. The van der Waals surface area contributed by atoms with Crippen LogP contribution in [0.15, 0.2) is 24.5 Å². The minimum atomic E-state index is -0.319. The maximum absolute atomic E-state index is 11.8. The van der Waals surface area contributed by atoms with E-state index in [0.717, 1.165) is 0 Å². The Morgan fingerprint density at radius 3 is 2.72 bits per heavy atom. The molecule has 18 heavy (non-hydrogen) atoms. The van der Waals surface area contributed by atoms with Gasteiger partial charge in [-0.05, 0) is 18.7 Å². The number of pyridine rings is 1. The number of carbonyl (C=O) groups is 2. The van der Waals surface area contributed by atoms with Crippen LogP contribution in [0.5, 0.6) is 0 Å². The van der Waals surface area contributed by atoms with Crippen molar-refractivity contribution in [3.63, 3.8) is 0 Å². The summed E-state index contributed by atoms with van der Waals surface area (Å²) in [6.07, 6.45) is 3.57. The molecule has 0 aliphatic rings. The van der Waals surface area contributed by atoms with Gasteiger partial charge in [0.2, 0.25) is 0 Å². The second kappa shape index (κ2) is 7.55. The number of Topliss-reactive ketones (excluding diaryl/α,β-unsaturated/α-hetero) is 1. The van der Waals surface area contributed by atoms with Gasteiger partial charge in [-0.25, -0.2) is 0 Å². The van der Waals surface area contributed by atoms with Gasteiger partial charge in [-0.2, -0.15) is 0 Å². The Balaban J connectivity index is 2.52. The van der Waals surface area contributed by atoms with E-state index in [4.69, 9.17) is 0 Å². The Morgan fingerprint density at radius 2 is 2.17 bits per heavy atom.